The Morgan fingerprint density at radius 2 is 1.92 bits per heavy atom. The molecule has 2 aromatic carbocycles. The average Bonchev–Trinajstić information content (AvgIpc) is 2.65. The summed E-state index contributed by atoms with van der Waals surface area (Å²) < 4.78 is 5.97. The molecule has 1 aliphatic carbocycles. The Bertz CT molecular complexity index is 744. The first kappa shape index (κ1) is 17.8. The van der Waals surface area contributed by atoms with Gasteiger partial charge in [0.1, 0.15) is 5.75 Å². The fourth-order valence-corrected chi connectivity index (χ4v) is 3.41. The first-order chi connectivity index (χ1) is 12.2. The molecule has 1 amide bonds. The molecule has 3 rings (SSSR count). The minimum Gasteiger partial charge on any atom is -0.481 e. The van der Waals surface area contributed by atoms with Gasteiger partial charge in [-0.05, 0) is 67.0 Å². The van der Waals surface area contributed by atoms with Crippen LogP contribution in [0.25, 0.3) is 0 Å². The molecule has 0 fully saturated rings. The number of carbonyl (C=O) groups is 1. The lowest BCUT2D eigenvalue weighted by molar-refractivity contribution is -0.128. The number of fused-ring (bicyclic) bond motifs is 1. The lowest BCUT2D eigenvalue weighted by Crippen LogP contribution is -2.37. The van der Waals surface area contributed by atoms with Gasteiger partial charge in [-0.1, -0.05) is 42.8 Å². The van der Waals surface area contributed by atoms with E-state index in [1.165, 1.54) is 24.0 Å². The Morgan fingerprint density at radius 1 is 1.16 bits per heavy atom. The third-order valence-electron chi connectivity index (χ3n) is 4.67. The van der Waals surface area contributed by atoms with Crippen LogP contribution in [-0.4, -0.2) is 12.0 Å². The minimum absolute atomic E-state index is 0.111. The number of ether oxygens (including phenoxy) is 1. The summed E-state index contributed by atoms with van der Waals surface area (Å²) in [5.41, 5.74) is 3.67. The highest BCUT2D eigenvalue weighted by Crippen LogP contribution is 2.26. The lowest BCUT2D eigenvalue weighted by atomic mass is 9.92. The molecule has 0 radical (unpaired) electrons. The van der Waals surface area contributed by atoms with E-state index in [0.717, 1.165) is 24.2 Å². The maximum atomic E-state index is 12.5. The van der Waals surface area contributed by atoms with Crippen LogP contribution in [0.4, 0.5) is 0 Å². The van der Waals surface area contributed by atoms with Gasteiger partial charge in [0.25, 0.3) is 5.91 Å². The Labute approximate surface area is 154 Å². The van der Waals surface area contributed by atoms with Gasteiger partial charge < -0.3 is 10.1 Å². The molecule has 25 heavy (non-hydrogen) atoms. The Balaban J connectivity index is 1.62. The number of carbonyl (C=O) groups excluding carboxylic acids is 1. The highest BCUT2D eigenvalue weighted by Gasteiger charge is 2.19. The van der Waals surface area contributed by atoms with Crippen molar-refractivity contribution in [1.29, 1.82) is 0 Å². The zero-order chi connectivity index (χ0) is 17.6. The zero-order valence-corrected chi connectivity index (χ0v) is 15.3. The van der Waals surface area contributed by atoms with E-state index in [1.54, 1.807) is 0 Å². The number of halogens is 1. The van der Waals surface area contributed by atoms with E-state index < -0.39 is 6.10 Å². The van der Waals surface area contributed by atoms with Gasteiger partial charge in [0.05, 0.1) is 0 Å². The summed E-state index contributed by atoms with van der Waals surface area (Å²) in [5, 5.41) is 3.58. The van der Waals surface area contributed by atoms with Crippen molar-refractivity contribution < 1.29 is 9.53 Å². The van der Waals surface area contributed by atoms with Crippen LogP contribution in [0.15, 0.2) is 42.5 Å². The molecule has 0 heterocycles. The Kier molecular flexibility index (Phi) is 5.98. The zero-order valence-electron chi connectivity index (χ0n) is 14.6. The van der Waals surface area contributed by atoms with Crippen molar-refractivity contribution in [3.05, 3.63) is 64.2 Å². The van der Waals surface area contributed by atoms with E-state index in [0.29, 0.717) is 18.0 Å². The van der Waals surface area contributed by atoms with Crippen LogP contribution in [0, 0.1) is 0 Å². The van der Waals surface area contributed by atoms with Gasteiger partial charge in [-0.3, -0.25) is 4.79 Å². The molecule has 3 nitrogen and oxygen atoms in total. The fourth-order valence-electron chi connectivity index (χ4n) is 3.21. The van der Waals surface area contributed by atoms with Gasteiger partial charge >= 0.3 is 0 Å². The molecule has 0 bridgehead atoms. The van der Waals surface area contributed by atoms with Crippen molar-refractivity contribution in [2.45, 2.75) is 51.7 Å². The largest absolute Gasteiger partial charge is 0.481 e. The van der Waals surface area contributed by atoms with Gasteiger partial charge in [-0.25, -0.2) is 0 Å². The summed E-state index contributed by atoms with van der Waals surface area (Å²) >= 11 is 6.14. The van der Waals surface area contributed by atoms with Gasteiger partial charge in [0.2, 0.25) is 0 Å². The Hall–Kier alpha value is -2.00. The normalized spacial score (nSPS) is 14.5. The van der Waals surface area contributed by atoms with E-state index in [2.05, 4.69) is 17.4 Å². The van der Waals surface area contributed by atoms with Gasteiger partial charge in [-0.2, -0.15) is 0 Å². The van der Waals surface area contributed by atoms with E-state index in [9.17, 15) is 4.79 Å². The maximum absolute atomic E-state index is 12.5. The molecule has 4 heteroatoms. The maximum Gasteiger partial charge on any atom is 0.261 e. The second kappa shape index (κ2) is 8.39. The van der Waals surface area contributed by atoms with Crippen molar-refractivity contribution in [1.82, 2.24) is 5.32 Å². The quantitative estimate of drug-likeness (QED) is 0.814. The minimum atomic E-state index is -0.496. The molecule has 1 N–H and O–H groups in total. The van der Waals surface area contributed by atoms with Crippen molar-refractivity contribution in [2.75, 3.05) is 0 Å². The summed E-state index contributed by atoms with van der Waals surface area (Å²) in [4.78, 5) is 12.5. The van der Waals surface area contributed by atoms with Crippen LogP contribution in [0.2, 0.25) is 5.02 Å². The molecule has 0 aromatic heterocycles. The predicted molar refractivity (Wildman–Crippen MR) is 101 cm³/mol. The molecule has 2 aromatic rings. The SMILES string of the molecule is CC[C@@H](Oc1ccc2c(c1)CCCC2)C(=O)NCc1ccccc1Cl. The smallest absolute Gasteiger partial charge is 0.261 e. The monoisotopic (exact) mass is 357 g/mol. The summed E-state index contributed by atoms with van der Waals surface area (Å²) in [6.07, 6.45) is 4.85. The van der Waals surface area contributed by atoms with Crippen molar-refractivity contribution in [3.8, 4) is 5.75 Å². The number of aryl methyl sites for hydroxylation is 2. The molecule has 0 aliphatic heterocycles. The molecular weight excluding hydrogens is 334 g/mol. The van der Waals surface area contributed by atoms with Crippen LogP contribution < -0.4 is 10.1 Å². The van der Waals surface area contributed by atoms with E-state index in [-0.39, 0.29) is 5.91 Å². The van der Waals surface area contributed by atoms with Gasteiger partial charge in [0.15, 0.2) is 6.10 Å². The van der Waals surface area contributed by atoms with Gasteiger partial charge in [0, 0.05) is 11.6 Å². The molecule has 0 unspecified atom stereocenters. The van der Waals surface area contributed by atoms with Crippen LogP contribution >= 0.6 is 11.6 Å². The molecular formula is C21H24ClNO2. The van der Waals surface area contributed by atoms with Gasteiger partial charge in [-0.15, -0.1) is 0 Å². The molecule has 1 atom stereocenters. The number of benzene rings is 2. The fraction of sp³-hybridized carbons (Fsp3) is 0.381. The van der Waals surface area contributed by atoms with E-state index >= 15 is 0 Å². The van der Waals surface area contributed by atoms with Crippen LogP contribution in [0.1, 0.15) is 42.9 Å². The average molecular weight is 358 g/mol. The molecule has 1 aliphatic rings. The highest BCUT2D eigenvalue weighted by molar-refractivity contribution is 6.31. The second-order valence-corrected chi connectivity index (χ2v) is 6.87. The van der Waals surface area contributed by atoms with Crippen LogP contribution in [0.5, 0.6) is 5.75 Å². The molecule has 132 valence electrons. The molecule has 0 saturated carbocycles. The van der Waals surface area contributed by atoms with E-state index in [4.69, 9.17) is 16.3 Å². The summed E-state index contributed by atoms with van der Waals surface area (Å²) in [6, 6.07) is 13.7. The predicted octanol–water partition coefficient (Wildman–Crippen LogP) is 4.69. The van der Waals surface area contributed by atoms with Crippen molar-refractivity contribution >= 4 is 17.5 Å². The lowest BCUT2D eigenvalue weighted by Gasteiger charge is -2.20. The van der Waals surface area contributed by atoms with Crippen LogP contribution in [-0.2, 0) is 24.2 Å². The number of hydrogen-bond donors (Lipinski definition) is 1. The van der Waals surface area contributed by atoms with Crippen LogP contribution in [0.3, 0.4) is 0 Å². The number of amides is 1. The number of hydrogen-bond acceptors (Lipinski definition) is 2. The van der Waals surface area contributed by atoms with Crippen molar-refractivity contribution in [3.63, 3.8) is 0 Å². The first-order valence-corrected chi connectivity index (χ1v) is 9.34. The first-order valence-electron chi connectivity index (χ1n) is 8.97. The molecule has 0 saturated heterocycles. The number of nitrogens with one attached hydrogen (secondary N) is 1. The third-order valence-corrected chi connectivity index (χ3v) is 5.04. The Morgan fingerprint density at radius 3 is 2.68 bits per heavy atom. The topological polar surface area (TPSA) is 38.3 Å². The van der Waals surface area contributed by atoms with E-state index in [1.807, 2.05) is 37.3 Å². The number of rotatable bonds is 6. The third kappa shape index (κ3) is 4.55. The highest BCUT2D eigenvalue weighted by atomic mass is 35.5. The molecule has 0 spiro atoms. The summed E-state index contributed by atoms with van der Waals surface area (Å²) in [6.45, 7) is 2.36. The second-order valence-electron chi connectivity index (χ2n) is 6.46. The summed E-state index contributed by atoms with van der Waals surface area (Å²) in [5.74, 6) is 0.667. The summed E-state index contributed by atoms with van der Waals surface area (Å²) in [7, 11) is 0. The van der Waals surface area contributed by atoms with Crippen molar-refractivity contribution in [2.24, 2.45) is 0 Å². The standard InChI is InChI=1S/C21H24ClNO2/c1-2-20(21(24)23-14-17-9-5-6-10-19(17)22)25-18-12-11-15-7-3-4-8-16(15)13-18/h5-6,9-13,20H,2-4,7-8,14H2,1H3,(H,23,24)/t20-/m1/s1.